The van der Waals surface area contributed by atoms with E-state index >= 15 is 0 Å². The number of para-hydroxylation sites is 1. The Hall–Kier alpha value is -2.94. The third-order valence-electron chi connectivity index (χ3n) is 2.96. The predicted octanol–water partition coefficient (Wildman–Crippen LogP) is 2.54. The normalized spacial score (nSPS) is 11.5. The number of rotatable bonds is 4. The molecule has 9 heteroatoms. The number of sulfonamides is 1. The van der Waals surface area contributed by atoms with E-state index in [-0.39, 0.29) is 5.69 Å². The molecule has 3 rings (SSSR count). The fourth-order valence-corrected chi connectivity index (χ4v) is 3.20. The van der Waals surface area contributed by atoms with Gasteiger partial charge in [0.25, 0.3) is 15.7 Å². The fraction of sp³-hybridized carbons (Fsp3) is 0. The first-order valence-electron chi connectivity index (χ1n) is 6.08. The monoisotopic (exact) mass is 319 g/mol. The molecular weight excluding hydrogens is 310 g/mol. The minimum Gasteiger partial charge on any atom is -0.356 e. The molecule has 0 saturated heterocycles. The summed E-state index contributed by atoms with van der Waals surface area (Å²) in [7, 11) is -4.08. The molecule has 0 saturated carbocycles. The maximum absolute atomic E-state index is 12.3. The standard InChI is InChI=1S/C13H9N3O5S/c17-16(18)11-3-1-2-4-13(11)22(19,20)15-10-5-6-12-9(7-10)8-14-21-12/h1-8,15H. The Bertz CT molecular complexity index is 964. The summed E-state index contributed by atoms with van der Waals surface area (Å²) in [5, 5.41) is 15.2. The molecule has 1 heterocycles. The fourth-order valence-electron chi connectivity index (χ4n) is 1.98. The molecule has 0 spiro atoms. The van der Waals surface area contributed by atoms with E-state index < -0.39 is 25.5 Å². The molecule has 0 unspecified atom stereocenters. The maximum Gasteiger partial charge on any atom is 0.289 e. The zero-order valence-electron chi connectivity index (χ0n) is 11.0. The Morgan fingerprint density at radius 3 is 2.73 bits per heavy atom. The van der Waals surface area contributed by atoms with E-state index in [2.05, 4.69) is 9.88 Å². The molecule has 0 amide bonds. The largest absolute Gasteiger partial charge is 0.356 e. The summed E-state index contributed by atoms with van der Waals surface area (Å²) in [4.78, 5) is 9.82. The summed E-state index contributed by atoms with van der Waals surface area (Å²) >= 11 is 0. The van der Waals surface area contributed by atoms with E-state index in [1.54, 1.807) is 6.07 Å². The number of anilines is 1. The number of nitro groups is 1. The van der Waals surface area contributed by atoms with Gasteiger partial charge in [-0.05, 0) is 24.3 Å². The quantitative estimate of drug-likeness (QED) is 0.583. The average molecular weight is 319 g/mol. The highest BCUT2D eigenvalue weighted by molar-refractivity contribution is 7.92. The number of aromatic nitrogens is 1. The number of nitrogens with zero attached hydrogens (tertiary/aromatic N) is 2. The highest BCUT2D eigenvalue weighted by Crippen LogP contribution is 2.26. The van der Waals surface area contributed by atoms with Crippen LogP contribution in [0.1, 0.15) is 0 Å². The topological polar surface area (TPSA) is 115 Å². The van der Waals surface area contributed by atoms with Crippen molar-refractivity contribution in [3.8, 4) is 0 Å². The lowest BCUT2D eigenvalue weighted by atomic mass is 10.2. The van der Waals surface area contributed by atoms with Gasteiger partial charge in [0.1, 0.15) is 0 Å². The highest BCUT2D eigenvalue weighted by atomic mass is 32.2. The molecule has 2 aromatic carbocycles. The molecule has 0 radical (unpaired) electrons. The van der Waals surface area contributed by atoms with Gasteiger partial charge in [0.2, 0.25) is 0 Å². The molecule has 22 heavy (non-hydrogen) atoms. The van der Waals surface area contributed by atoms with E-state index in [1.807, 2.05) is 0 Å². The van der Waals surface area contributed by atoms with E-state index in [9.17, 15) is 18.5 Å². The van der Waals surface area contributed by atoms with Crippen LogP contribution < -0.4 is 4.72 Å². The number of hydrogen-bond donors (Lipinski definition) is 1. The Labute approximate surface area is 124 Å². The molecule has 3 aromatic rings. The molecule has 0 bridgehead atoms. The summed E-state index contributed by atoms with van der Waals surface area (Å²) in [5.41, 5.74) is 0.281. The van der Waals surface area contributed by atoms with Crippen LogP contribution in [0, 0.1) is 10.1 Å². The van der Waals surface area contributed by atoms with Gasteiger partial charge in [0, 0.05) is 17.1 Å². The van der Waals surface area contributed by atoms with Gasteiger partial charge in [-0.25, -0.2) is 8.42 Å². The van der Waals surface area contributed by atoms with E-state index in [0.29, 0.717) is 11.0 Å². The van der Waals surface area contributed by atoms with Crippen LogP contribution in [-0.2, 0) is 10.0 Å². The summed E-state index contributed by atoms with van der Waals surface area (Å²) in [6.07, 6.45) is 1.44. The van der Waals surface area contributed by atoms with Gasteiger partial charge >= 0.3 is 0 Å². The third-order valence-corrected chi connectivity index (χ3v) is 4.38. The van der Waals surface area contributed by atoms with Gasteiger partial charge in [-0.15, -0.1) is 0 Å². The van der Waals surface area contributed by atoms with Crippen LogP contribution in [-0.4, -0.2) is 18.5 Å². The van der Waals surface area contributed by atoms with Crippen LogP contribution in [0.2, 0.25) is 0 Å². The van der Waals surface area contributed by atoms with E-state index in [0.717, 1.165) is 6.07 Å². The van der Waals surface area contributed by atoms with Gasteiger partial charge in [-0.2, -0.15) is 0 Å². The van der Waals surface area contributed by atoms with Crippen molar-refractivity contribution >= 4 is 32.4 Å². The maximum atomic E-state index is 12.3. The molecule has 0 aliphatic carbocycles. The molecule has 8 nitrogen and oxygen atoms in total. The minimum absolute atomic E-state index is 0.258. The lowest BCUT2D eigenvalue weighted by Crippen LogP contribution is -2.14. The first-order chi connectivity index (χ1) is 10.5. The zero-order valence-corrected chi connectivity index (χ0v) is 11.8. The van der Waals surface area contributed by atoms with Crippen molar-refractivity contribution in [3.05, 3.63) is 58.8 Å². The number of benzene rings is 2. The van der Waals surface area contributed by atoms with Crippen molar-refractivity contribution in [1.29, 1.82) is 0 Å². The molecule has 1 N–H and O–H groups in total. The van der Waals surface area contributed by atoms with E-state index in [1.165, 1.54) is 36.5 Å². The smallest absolute Gasteiger partial charge is 0.289 e. The molecule has 112 valence electrons. The van der Waals surface area contributed by atoms with Crippen molar-refractivity contribution < 1.29 is 17.9 Å². The van der Waals surface area contributed by atoms with Crippen molar-refractivity contribution in [2.24, 2.45) is 0 Å². The van der Waals surface area contributed by atoms with Gasteiger partial charge in [-0.3, -0.25) is 14.8 Å². The van der Waals surface area contributed by atoms with Crippen LogP contribution in [0.15, 0.2) is 58.1 Å². The lowest BCUT2D eigenvalue weighted by molar-refractivity contribution is -0.387. The van der Waals surface area contributed by atoms with Crippen molar-refractivity contribution in [3.63, 3.8) is 0 Å². The first kappa shape index (κ1) is 14.0. The second kappa shape index (κ2) is 5.11. The molecule has 0 aliphatic heterocycles. The van der Waals surface area contributed by atoms with Crippen molar-refractivity contribution in [2.75, 3.05) is 4.72 Å². The van der Waals surface area contributed by atoms with Gasteiger partial charge < -0.3 is 4.52 Å². The number of fused-ring (bicyclic) bond motifs is 1. The SMILES string of the molecule is O=[N+]([O-])c1ccccc1S(=O)(=O)Nc1ccc2oncc2c1. The molecule has 0 atom stereocenters. The number of hydrogen-bond acceptors (Lipinski definition) is 6. The Balaban J connectivity index is 2.01. The van der Waals surface area contributed by atoms with Crippen LogP contribution in [0.5, 0.6) is 0 Å². The van der Waals surface area contributed by atoms with Crippen molar-refractivity contribution in [1.82, 2.24) is 5.16 Å². The molecule has 0 aliphatic rings. The van der Waals surface area contributed by atoms with Crippen molar-refractivity contribution in [2.45, 2.75) is 4.90 Å². The molecular formula is C13H9N3O5S. The van der Waals surface area contributed by atoms with Crippen LogP contribution in [0.4, 0.5) is 11.4 Å². The second-order valence-corrected chi connectivity index (χ2v) is 6.06. The average Bonchev–Trinajstić information content (AvgIpc) is 2.94. The second-order valence-electron chi connectivity index (χ2n) is 4.41. The third kappa shape index (κ3) is 2.49. The number of nitro benzene ring substituents is 1. The predicted molar refractivity (Wildman–Crippen MR) is 77.9 cm³/mol. The zero-order chi connectivity index (χ0) is 15.7. The highest BCUT2D eigenvalue weighted by Gasteiger charge is 2.25. The Kier molecular flexibility index (Phi) is 3.26. The van der Waals surface area contributed by atoms with Crippen LogP contribution in [0.25, 0.3) is 11.0 Å². The summed E-state index contributed by atoms with van der Waals surface area (Å²) < 4.78 is 31.9. The summed E-state index contributed by atoms with van der Waals surface area (Å²) in [6.45, 7) is 0. The molecule has 1 aromatic heterocycles. The summed E-state index contributed by atoms with van der Waals surface area (Å²) in [5.74, 6) is 0. The Morgan fingerprint density at radius 2 is 1.95 bits per heavy atom. The van der Waals surface area contributed by atoms with Gasteiger partial charge in [-0.1, -0.05) is 17.3 Å². The first-order valence-corrected chi connectivity index (χ1v) is 7.56. The van der Waals surface area contributed by atoms with Gasteiger partial charge in [0.05, 0.1) is 11.1 Å². The molecule has 0 fully saturated rings. The van der Waals surface area contributed by atoms with Crippen LogP contribution >= 0.6 is 0 Å². The summed E-state index contributed by atoms with van der Waals surface area (Å²) in [6, 6.07) is 9.71. The lowest BCUT2D eigenvalue weighted by Gasteiger charge is -2.08. The number of nitrogens with one attached hydrogen (secondary N) is 1. The minimum atomic E-state index is -4.08. The Morgan fingerprint density at radius 1 is 1.18 bits per heavy atom. The van der Waals surface area contributed by atoms with E-state index in [4.69, 9.17) is 4.52 Å². The van der Waals surface area contributed by atoms with Crippen LogP contribution in [0.3, 0.4) is 0 Å². The van der Waals surface area contributed by atoms with Gasteiger partial charge in [0.15, 0.2) is 10.5 Å².